The molecule has 6 rings (SSSR count). The molecule has 0 aliphatic carbocycles. The summed E-state index contributed by atoms with van der Waals surface area (Å²) in [6.45, 7) is 2.01. The molecule has 2 nitrogen and oxygen atoms in total. The molecule has 4 heteroatoms. The Balaban J connectivity index is 1.73. The fourth-order valence-electron chi connectivity index (χ4n) is 4.42. The Labute approximate surface area is 192 Å². The predicted molar refractivity (Wildman–Crippen MR) is 124 cm³/mol. The molecule has 5 aromatic rings. The van der Waals surface area contributed by atoms with Crippen LogP contribution in [0.2, 0.25) is 0 Å². The van der Waals surface area contributed by atoms with Gasteiger partial charge < -0.3 is 0 Å². The number of aryl methyl sites for hydroxylation is 2. The van der Waals surface area contributed by atoms with Gasteiger partial charge in [-0.05, 0) is 0 Å². The van der Waals surface area contributed by atoms with Gasteiger partial charge in [0, 0.05) is 0 Å². The number of halogens is 1. The Hall–Kier alpha value is -2.94. The van der Waals surface area contributed by atoms with Crippen LogP contribution in [0, 0.1) is 12.7 Å². The summed E-state index contributed by atoms with van der Waals surface area (Å²) in [5, 5.41) is -2.06. The van der Waals surface area contributed by atoms with Gasteiger partial charge in [-0.2, -0.15) is 0 Å². The third-order valence-electron chi connectivity index (χ3n) is 5.93. The second kappa shape index (κ2) is 7.05. The zero-order valence-corrected chi connectivity index (χ0v) is 18.7. The van der Waals surface area contributed by atoms with Gasteiger partial charge >= 0.3 is 192 Å². The Kier molecular flexibility index (Phi) is 3.40. The fourth-order valence-corrected chi connectivity index (χ4v) is 5.79. The van der Waals surface area contributed by atoms with Gasteiger partial charge in [0.15, 0.2) is 0 Å². The van der Waals surface area contributed by atoms with Crippen molar-refractivity contribution in [2.24, 2.45) is 7.05 Å². The van der Waals surface area contributed by atoms with E-state index in [4.69, 9.17) is 9.90 Å². The summed E-state index contributed by atoms with van der Waals surface area (Å²) < 4.78 is 58.0. The Morgan fingerprint density at radius 3 is 2.58 bits per heavy atom. The molecule has 1 aliphatic rings. The third kappa shape index (κ3) is 2.79. The summed E-state index contributed by atoms with van der Waals surface area (Å²) in [6.07, 6.45) is 1.96. The maximum atomic E-state index is 15.5. The second-order valence-electron chi connectivity index (χ2n) is 7.77. The van der Waals surface area contributed by atoms with Crippen molar-refractivity contribution in [2.75, 3.05) is 0 Å². The van der Waals surface area contributed by atoms with Gasteiger partial charge in [-0.3, -0.25) is 0 Å². The van der Waals surface area contributed by atoms with Crippen LogP contribution in [0.5, 0.6) is 0 Å². The first-order valence-corrected chi connectivity index (χ1v) is 11.8. The average Bonchev–Trinajstić information content (AvgIpc) is 3.25. The molecular formula is C27H21FNOSe+. The maximum absolute atomic E-state index is 15.5. The molecule has 3 heterocycles. The number of pyridine rings is 1. The van der Waals surface area contributed by atoms with Gasteiger partial charge in [-0.15, -0.1) is 0 Å². The molecule has 0 saturated heterocycles. The van der Waals surface area contributed by atoms with Crippen molar-refractivity contribution in [3.63, 3.8) is 0 Å². The van der Waals surface area contributed by atoms with Gasteiger partial charge in [-0.1, -0.05) is 0 Å². The Bertz CT molecular complexity index is 1680. The van der Waals surface area contributed by atoms with Gasteiger partial charge in [0.05, 0.1) is 0 Å². The monoisotopic (exact) mass is 478 g/mol. The molecule has 1 aliphatic heterocycles. The predicted octanol–water partition coefficient (Wildman–Crippen LogP) is 5.91. The van der Waals surface area contributed by atoms with Crippen LogP contribution in [-0.4, -0.2) is 15.0 Å². The first-order valence-electron chi connectivity index (χ1n) is 12.0. The van der Waals surface area contributed by atoms with E-state index in [1.165, 1.54) is 6.07 Å². The van der Waals surface area contributed by atoms with E-state index in [1.807, 2.05) is 55.1 Å². The molecule has 0 amide bonds. The molecule has 0 N–H and O–H groups in total. The van der Waals surface area contributed by atoms with Gasteiger partial charge in [0.2, 0.25) is 0 Å². The number of benzene rings is 3. The van der Waals surface area contributed by atoms with Crippen LogP contribution >= 0.6 is 0 Å². The minimum atomic E-state index is -1.87. The van der Waals surface area contributed by atoms with Crippen molar-refractivity contribution in [3.8, 4) is 22.4 Å². The zero-order chi connectivity index (χ0) is 24.7. The van der Waals surface area contributed by atoms with E-state index in [0.29, 0.717) is 22.3 Å². The van der Waals surface area contributed by atoms with Crippen LogP contribution in [0.25, 0.3) is 44.3 Å². The standard InChI is InChI=1S/C27H21FNOSe/c1-16-9-10-19-20-11-12-22(28)25(18-7-5-6-17-14-31-15-21(17)18)27(20)30-26(19)24(16)23-8-3-4-13-29(23)2/h3-13H,14-15H2,1-2H3/q+1/i14D2,15D2. The molecule has 0 radical (unpaired) electrons. The van der Waals surface area contributed by atoms with E-state index in [2.05, 4.69) is 0 Å². The van der Waals surface area contributed by atoms with E-state index in [9.17, 15) is 0 Å². The molecule has 0 spiro atoms. The van der Waals surface area contributed by atoms with Crippen LogP contribution in [-0.2, 0) is 17.6 Å². The van der Waals surface area contributed by atoms with Crippen molar-refractivity contribution < 1.29 is 18.9 Å². The Morgan fingerprint density at radius 2 is 1.74 bits per heavy atom. The van der Waals surface area contributed by atoms with Crippen LogP contribution in [0.3, 0.4) is 0 Å². The molecule has 0 unspecified atom stereocenters. The van der Waals surface area contributed by atoms with E-state index in [-0.39, 0.29) is 11.1 Å². The van der Waals surface area contributed by atoms with Crippen molar-refractivity contribution in [1.82, 2.24) is 0 Å². The molecule has 0 fully saturated rings. The van der Waals surface area contributed by atoms with Gasteiger partial charge in [0.25, 0.3) is 0 Å². The minimum absolute atomic E-state index is 0.175. The number of rotatable bonds is 2. The van der Waals surface area contributed by atoms with E-state index in [0.717, 1.165) is 27.6 Å². The van der Waals surface area contributed by atoms with Crippen LogP contribution in [0.15, 0.2) is 71.3 Å². The molecule has 0 saturated carbocycles. The van der Waals surface area contributed by atoms with Crippen molar-refractivity contribution in [2.45, 2.75) is 17.5 Å². The zero-order valence-electron chi connectivity index (χ0n) is 21.0. The van der Waals surface area contributed by atoms with Crippen molar-refractivity contribution in [3.05, 3.63) is 89.4 Å². The van der Waals surface area contributed by atoms with E-state index < -0.39 is 31.3 Å². The molecule has 3 aromatic carbocycles. The van der Waals surface area contributed by atoms with Gasteiger partial charge in [0.1, 0.15) is 0 Å². The molecule has 0 bridgehead atoms. The first kappa shape index (κ1) is 15.0. The topological polar surface area (TPSA) is 17.0 Å². The number of furan rings is 1. The summed E-state index contributed by atoms with van der Waals surface area (Å²) in [6, 6.07) is 18.0. The van der Waals surface area contributed by atoms with Crippen molar-refractivity contribution >= 4 is 36.9 Å². The second-order valence-corrected chi connectivity index (χ2v) is 9.05. The number of nitrogens with zero attached hydrogens (tertiary/aromatic N) is 1. The summed E-state index contributed by atoms with van der Waals surface area (Å²) >= 11 is -0.983. The number of fused-ring (bicyclic) bond motifs is 4. The Morgan fingerprint density at radius 1 is 0.935 bits per heavy atom. The summed E-state index contributed by atoms with van der Waals surface area (Å²) in [7, 11) is 1.96. The van der Waals surface area contributed by atoms with E-state index >= 15 is 4.39 Å². The number of hydrogen-bond donors (Lipinski definition) is 0. The van der Waals surface area contributed by atoms with E-state index in [1.54, 1.807) is 24.3 Å². The average molecular weight is 477 g/mol. The first-order chi connectivity index (χ1) is 16.6. The third-order valence-corrected chi connectivity index (χ3v) is 7.24. The normalized spacial score (nSPS) is 18.4. The van der Waals surface area contributed by atoms with Crippen LogP contribution < -0.4 is 4.57 Å². The number of hydrogen-bond acceptors (Lipinski definition) is 1. The quantitative estimate of drug-likeness (QED) is 0.228. The van der Waals surface area contributed by atoms with Crippen molar-refractivity contribution in [1.29, 1.82) is 0 Å². The molecule has 2 aromatic heterocycles. The number of aromatic nitrogens is 1. The molecular weight excluding hydrogens is 452 g/mol. The van der Waals surface area contributed by atoms with Crippen LogP contribution in [0.4, 0.5) is 4.39 Å². The van der Waals surface area contributed by atoms with Gasteiger partial charge in [-0.25, -0.2) is 0 Å². The van der Waals surface area contributed by atoms with Crippen LogP contribution in [0.1, 0.15) is 22.2 Å². The molecule has 31 heavy (non-hydrogen) atoms. The molecule has 0 atom stereocenters. The SMILES string of the molecule is [2H]C1([2H])[Se]C([2H])([2H])c2c(-c3c(F)ccc4c3oc3c(-c5cccc[n+]5C)c(C)ccc34)cccc21. The fraction of sp³-hybridized carbons (Fsp3) is 0.148. The summed E-state index contributed by atoms with van der Waals surface area (Å²) in [5.74, 6) is -0.524. The summed E-state index contributed by atoms with van der Waals surface area (Å²) in [5.41, 5.74) is 4.93. The summed E-state index contributed by atoms with van der Waals surface area (Å²) in [4.78, 5) is 0. The molecule has 152 valence electrons.